The van der Waals surface area contributed by atoms with Gasteiger partial charge in [0.05, 0.1) is 11.4 Å². The summed E-state index contributed by atoms with van der Waals surface area (Å²) in [6, 6.07) is 1.99. The third-order valence-electron chi connectivity index (χ3n) is 6.90. The van der Waals surface area contributed by atoms with E-state index in [9.17, 15) is 4.79 Å². The van der Waals surface area contributed by atoms with Crippen LogP contribution in [0.1, 0.15) is 56.6 Å². The Hall–Kier alpha value is -2.70. The predicted molar refractivity (Wildman–Crippen MR) is 121 cm³/mol. The fraction of sp³-hybridized carbons (Fsp3) is 0.583. The molecule has 4 heterocycles. The van der Waals surface area contributed by atoms with Crippen LogP contribution in [0.3, 0.4) is 0 Å². The van der Waals surface area contributed by atoms with Gasteiger partial charge < -0.3 is 9.80 Å². The molecular formula is C24H32N6O. The van der Waals surface area contributed by atoms with Gasteiger partial charge in [0.1, 0.15) is 0 Å². The topological polar surface area (TPSA) is 67.2 Å². The second kappa shape index (κ2) is 8.81. The zero-order chi connectivity index (χ0) is 21.2. The van der Waals surface area contributed by atoms with Crippen molar-refractivity contribution in [3.8, 4) is 11.3 Å². The molecule has 7 heteroatoms. The molecule has 1 amide bonds. The number of anilines is 1. The molecule has 0 spiro atoms. The number of amides is 1. The van der Waals surface area contributed by atoms with Crippen molar-refractivity contribution in [2.24, 2.45) is 13.0 Å². The van der Waals surface area contributed by atoms with Crippen LogP contribution in [0.4, 0.5) is 5.95 Å². The van der Waals surface area contributed by atoms with E-state index in [1.165, 1.54) is 12.8 Å². The molecule has 2 atom stereocenters. The smallest absolute Gasteiger partial charge is 0.226 e. The summed E-state index contributed by atoms with van der Waals surface area (Å²) in [6.07, 6.45) is 15.7. The van der Waals surface area contributed by atoms with Crippen LogP contribution in [-0.2, 0) is 11.8 Å². The number of likely N-dealkylation sites (tertiary alicyclic amines) is 1. The quantitative estimate of drug-likeness (QED) is 0.708. The first kappa shape index (κ1) is 20.2. The molecule has 0 aromatic carbocycles. The van der Waals surface area contributed by atoms with Gasteiger partial charge in [0.25, 0.3) is 0 Å². The molecular weight excluding hydrogens is 388 g/mol. The lowest BCUT2D eigenvalue weighted by Crippen LogP contribution is -2.42. The van der Waals surface area contributed by atoms with Crippen molar-refractivity contribution in [3.05, 3.63) is 36.3 Å². The highest BCUT2D eigenvalue weighted by Crippen LogP contribution is 2.34. The largest absolute Gasteiger partial charge is 0.342 e. The number of aryl methyl sites for hydroxylation is 1. The molecule has 0 saturated carbocycles. The fourth-order valence-electron chi connectivity index (χ4n) is 5.25. The van der Waals surface area contributed by atoms with E-state index in [-0.39, 0.29) is 11.8 Å². The number of hydrogen-bond acceptors (Lipinski definition) is 5. The molecule has 164 valence electrons. The van der Waals surface area contributed by atoms with E-state index in [1.807, 2.05) is 24.0 Å². The van der Waals surface area contributed by atoms with Crippen LogP contribution in [-0.4, -0.2) is 56.7 Å². The van der Waals surface area contributed by atoms with E-state index in [0.29, 0.717) is 5.91 Å². The van der Waals surface area contributed by atoms with Crippen molar-refractivity contribution >= 4 is 11.9 Å². The fourth-order valence-corrected chi connectivity index (χ4v) is 5.25. The molecule has 7 nitrogen and oxygen atoms in total. The van der Waals surface area contributed by atoms with Gasteiger partial charge in [-0.1, -0.05) is 12.2 Å². The van der Waals surface area contributed by atoms with Crippen LogP contribution in [0.2, 0.25) is 0 Å². The molecule has 2 fully saturated rings. The Labute approximate surface area is 184 Å². The molecule has 0 radical (unpaired) electrons. The van der Waals surface area contributed by atoms with Crippen LogP contribution in [0.15, 0.2) is 30.6 Å². The average molecular weight is 421 g/mol. The molecule has 2 saturated heterocycles. The number of aromatic nitrogens is 4. The molecule has 0 bridgehead atoms. The molecule has 5 rings (SSSR count). The molecule has 0 N–H and O–H groups in total. The van der Waals surface area contributed by atoms with Crippen LogP contribution >= 0.6 is 0 Å². The lowest BCUT2D eigenvalue weighted by Gasteiger charge is -2.35. The summed E-state index contributed by atoms with van der Waals surface area (Å²) in [5, 5.41) is 4.84. The van der Waals surface area contributed by atoms with Gasteiger partial charge in [-0.3, -0.25) is 9.48 Å². The second-order valence-electron chi connectivity index (χ2n) is 9.14. The summed E-state index contributed by atoms with van der Waals surface area (Å²) in [6.45, 7) is 3.68. The van der Waals surface area contributed by atoms with Crippen molar-refractivity contribution in [3.63, 3.8) is 0 Å². The summed E-state index contributed by atoms with van der Waals surface area (Å²) in [4.78, 5) is 26.9. The Balaban J connectivity index is 1.38. The number of carbonyl (C=O) groups excluding carboxylic acids is 1. The first-order chi connectivity index (χ1) is 15.2. The first-order valence-electron chi connectivity index (χ1n) is 11.7. The van der Waals surface area contributed by atoms with E-state index >= 15 is 0 Å². The molecule has 2 aromatic heterocycles. The van der Waals surface area contributed by atoms with Crippen molar-refractivity contribution in [2.75, 3.05) is 31.1 Å². The molecule has 2 unspecified atom stereocenters. The number of hydrogen-bond donors (Lipinski definition) is 0. The highest BCUT2D eigenvalue weighted by atomic mass is 16.2. The van der Waals surface area contributed by atoms with Gasteiger partial charge >= 0.3 is 0 Å². The lowest BCUT2D eigenvalue weighted by atomic mass is 9.89. The van der Waals surface area contributed by atoms with Crippen LogP contribution < -0.4 is 4.90 Å². The Morgan fingerprint density at radius 2 is 1.97 bits per heavy atom. The maximum absolute atomic E-state index is 13.1. The molecule has 31 heavy (non-hydrogen) atoms. The van der Waals surface area contributed by atoms with Crippen molar-refractivity contribution < 1.29 is 4.79 Å². The number of allylic oxidation sites excluding steroid dienone is 2. The minimum atomic E-state index is 0.150. The predicted octanol–water partition coefficient (Wildman–Crippen LogP) is 3.54. The van der Waals surface area contributed by atoms with Gasteiger partial charge in [-0.2, -0.15) is 5.10 Å². The molecule has 1 aliphatic carbocycles. The van der Waals surface area contributed by atoms with Gasteiger partial charge in [0.15, 0.2) is 0 Å². The summed E-state index contributed by atoms with van der Waals surface area (Å²) >= 11 is 0. The van der Waals surface area contributed by atoms with E-state index in [0.717, 1.165) is 81.2 Å². The third-order valence-corrected chi connectivity index (χ3v) is 6.90. The average Bonchev–Trinajstić information content (AvgIpc) is 3.49. The number of piperidine rings is 1. The highest BCUT2D eigenvalue weighted by Gasteiger charge is 2.32. The van der Waals surface area contributed by atoms with Crippen molar-refractivity contribution in [2.45, 2.75) is 50.9 Å². The van der Waals surface area contributed by atoms with Gasteiger partial charge in [-0.15, -0.1) is 0 Å². The van der Waals surface area contributed by atoms with Gasteiger partial charge in [-0.25, -0.2) is 9.97 Å². The summed E-state index contributed by atoms with van der Waals surface area (Å²) in [7, 11) is 1.97. The van der Waals surface area contributed by atoms with Gasteiger partial charge in [0.2, 0.25) is 11.9 Å². The Morgan fingerprint density at radius 1 is 1.10 bits per heavy atom. The van der Waals surface area contributed by atoms with Crippen molar-refractivity contribution in [1.29, 1.82) is 0 Å². The summed E-state index contributed by atoms with van der Waals surface area (Å²) < 4.78 is 1.88. The highest BCUT2D eigenvalue weighted by molar-refractivity contribution is 5.79. The van der Waals surface area contributed by atoms with Crippen molar-refractivity contribution in [1.82, 2.24) is 24.6 Å². The Bertz CT molecular complexity index is 961. The number of rotatable bonds is 4. The van der Waals surface area contributed by atoms with Crippen LogP contribution in [0.5, 0.6) is 0 Å². The standard InChI is InChI=1S/C24H32N6O/c1-28-17-20(21-11-12-25-24(26-21)29-13-5-6-14-29)22(27-28)19-10-7-15-30(16-19)23(31)18-8-3-2-4-9-18/h2-3,11-12,17-19H,4-10,13-16H2,1H3. The monoisotopic (exact) mass is 420 g/mol. The van der Waals surface area contributed by atoms with Gasteiger partial charge in [-0.05, 0) is 51.0 Å². The summed E-state index contributed by atoms with van der Waals surface area (Å²) in [5.74, 6) is 1.54. The third kappa shape index (κ3) is 4.23. The van der Waals surface area contributed by atoms with Crippen LogP contribution in [0, 0.1) is 5.92 Å². The normalized spacial score (nSPS) is 24.0. The molecule has 2 aliphatic heterocycles. The minimum Gasteiger partial charge on any atom is -0.342 e. The van der Waals surface area contributed by atoms with E-state index < -0.39 is 0 Å². The maximum Gasteiger partial charge on any atom is 0.226 e. The molecule has 3 aliphatic rings. The second-order valence-corrected chi connectivity index (χ2v) is 9.14. The zero-order valence-electron chi connectivity index (χ0n) is 18.4. The lowest BCUT2D eigenvalue weighted by molar-refractivity contribution is -0.137. The Kier molecular flexibility index (Phi) is 5.74. The SMILES string of the molecule is Cn1cc(-c2ccnc(N3CCCC3)n2)c(C2CCCN(C(=O)C3CC=CCC3)C2)n1. The van der Waals surface area contributed by atoms with E-state index in [1.54, 1.807) is 0 Å². The summed E-state index contributed by atoms with van der Waals surface area (Å²) in [5.41, 5.74) is 3.07. The molecule has 2 aromatic rings. The zero-order valence-corrected chi connectivity index (χ0v) is 18.4. The van der Waals surface area contributed by atoms with E-state index in [2.05, 4.69) is 33.1 Å². The van der Waals surface area contributed by atoms with E-state index in [4.69, 9.17) is 10.1 Å². The Morgan fingerprint density at radius 3 is 2.77 bits per heavy atom. The number of nitrogens with zero attached hydrogens (tertiary/aromatic N) is 6. The number of carbonyl (C=O) groups is 1. The van der Waals surface area contributed by atoms with Crippen LogP contribution in [0.25, 0.3) is 11.3 Å². The minimum absolute atomic E-state index is 0.150. The first-order valence-corrected chi connectivity index (χ1v) is 11.7. The van der Waals surface area contributed by atoms with Gasteiger partial charge in [0, 0.05) is 63.0 Å². The maximum atomic E-state index is 13.1.